The van der Waals surface area contributed by atoms with Gasteiger partial charge in [0.1, 0.15) is 35.4 Å². The number of nitrogens with zero attached hydrogens (tertiary/aromatic N) is 6. The van der Waals surface area contributed by atoms with E-state index in [1.54, 1.807) is 15.8 Å². The molecule has 0 saturated heterocycles. The van der Waals surface area contributed by atoms with Crippen molar-refractivity contribution in [1.29, 1.82) is 0 Å². The fourth-order valence-corrected chi connectivity index (χ4v) is 6.25. The zero-order chi connectivity index (χ0) is 28.8. The van der Waals surface area contributed by atoms with Crippen molar-refractivity contribution in [2.45, 2.75) is 19.5 Å². The Morgan fingerprint density at radius 3 is 2.80 bits per heavy atom. The maximum absolute atomic E-state index is 15.8. The lowest BCUT2D eigenvalue weighted by molar-refractivity contribution is -0.129. The lowest BCUT2D eigenvalue weighted by Crippen LogP contribution is -2.40. The van der Waals surface area contributed by atoms with Gasteiger partial charge in [-0.25, -0.2) is 13.8 Å². The van der Waals surface area contributed by atoms with Crippen molar-refractivity contribution in [2.75, 3.05) is 19.8 Å². The summed E-state index contributed by atoms with van der Waals surface area (Å²) in [6, 6.07) is 5.37. The molecule has 1 N–H and O–H groups in total. The van der Waals surface area contributed by atoms with E-state index in [0.29, 0.717) is 40.4 Å². The van der Waals surface area contributed by atoms with Crippen LogP contribution in [0, 0.1) is 11.6 Å². The van der Waals surface area contributed by atoms with Crippen LogP contribution in [0.4, 0.5) is 8.78 Å². The number of pyridine rings is 1. The van der Waals surface area contributed by atoms with Gasteiger partial charge in [-0.3, -0.25) is 14.2 Å². The van der Waals surface area contributed by atoms with E-state index in [1.807, 2.05) is 42.4 Å². The molecule has 5 heterocycles. The number of fused-ring (bicyclic) bond motifs is 2. The molecule has 9 nitrogen and oxygen atoms in total. The molecule has 1 amide bonds. The van der Waals surface area contributed by atoms with Gasteiger partial charge in [0.2, 0.25) is 5.91 Å². The van der Waals surface area contributed by atoms with Crippen LogP contribution in [0.25, 0.3) is 43.9 Å². The second kappa shape index (κ2) is 10.5. The fourth-order valence-electron chi connectivity index (χ4n) is 5.30. The SMILES string of the molecule is C=CC(=O)N1CCn2nc(-c3nc(-c4cnn(C)c4)c4ccsc4c3-c3c(F)cc(F)cc3OCCO)cc2[C@@H]1C. The molecule has 1 aliphatic heterocycles. The summed E-state index contributed by atoms with van der Waals surface area (Å²) in [5.41, 5.74) is 3.45. The van der Waals surface area contributed by atoms with Gasteiger partial charge in [0.15, 0.2) is 0 Å². The average Bonchev–Trinajstić information content (AvgIpc) is 3.71. The number of aliphatic hydroxyl groups is 1. The standard InChI is InChI=1S/C29H26F2N6O3S/c1-4-24(39)36-6-7-37-22(16(36)2)13-21(34-37)28-26(25-20(31)11-18(30)12-23(25)40-9-8-38)29-19(5-10-41-29)27(33-28)17-14-32-35(3)15-17/h4-5,10-16,38H,1,6-9H2,2-3H3/t16-/m0/s1. The minimum Gasteiger partial charge on any atom is -0.490 e. The molecule has 5 aromatic rings. The molecular formula is C29H26F2N6O3S. The summed E-state index contributed by atoms with van der Waals surface area (Å²) in [5, 5.41) is 21.2. The first-order valence-corrected chi connectivity index (χ1v) is 13.8. The number of ether oxygens (including phenoxy) is 1. The number of benzene rings is 1. The smallest absolute Gasteiger partial charge is 0.246 e. The van der Waals surface area contributed by atoms with E-state index in [0.717, 1.165) is 28.8 Å². The second-order valence-electron chi connectivity index (χ2n) is 9.67. The molecule has 4 aromatic heterocycles. The predicted molar refractivity (Wildman–Crippen MR) is 151 cm³/mol. The molecule has 0 saturated carbocycles. The maximum Gasteiger partial charge on any atom is 0.246 e. The summed E-state index contributed by atoms with van der Waals surface area (Å²) in [4.78, 5) is 19.2. The summed E-state index contributed by atoms with van der Waals surface area (Å²) >= 11 is 1.39. The highest BCUT2D eigenvalue weighted by atomic mass is 32.1. The summed E-state index contributed by atoms with van der Waals surface area (Å²) in [6.45, 7) is 5.96. The number of thiophene rings is 1. The molecule has 0 unspecified atom stereocenters. The van der Waals surface area contributed by atoms with E-state index >= 15 is 4.39 Å². The Kier molecular flexibility index (Phi) is 6.88. The van der Waals surface area contributed by atoms with Crippen LogP contribution >= 0.6 is 11.3 Å². The quantitative estimate of drug-likeness (QED) is 0.275. The normalized spacial score (nSPS) is 14.9. The van der Waals surface area contributed by atoms with E-state index in [-0.39, 0.29) is 36.5 Å². The van der Waals surface area contributed by atoms with Gasteiger partial charge >= 0.3 is 0 Å². The van der Waals surface area contributed by atoms with Crippen molar-refractivity contribution in [3.63, 3.8) is 0 Å². The molecule has 0 spiro atoms. The summed E-state index contributed by atoms with van der Waals surface area (Å²) < 4.78 is 40.0. The van der Waals surface area contributed by atoms with Crippen molar-refractivity contribution in [1.82, 2.24) is 29.4 Å². The van der Waals surface area contributed by atoms with Gasteiger partial charge in [-0.2, -0.15) is 10.2 Å². The fraction of sp³-hybridized carbons (Fsp3) is 0.241. The summed E-state index contributed by atoms with van der Waals surface area (Å²) in [7, 11) is 1.81. The Bertz CT molecular complexity index is 1810. The lowest BCUT2D eigenvalue weighted by atomic mass is 9.97. The van der Waals surface area contributed by atoms with Crippen molar-refractivity contribution in [3.05, 3.63) is 72.0 Å². The number of aryl methyl sites for hydroxylation is 1. The monoisotopic (exact) mass is 576 g/mol. The highest BCUT2D eigenvalue weighted by Crippen LogP contribution is 2.47. The van der Waals surface area contributed by atoms with Crippen molar-refractivity contribution < 1.29 is 23.4 Å². The number of amides is 1. The van der Waals surface area contributed by atoms with Crippen molar-refractivity contribution in [2.24, 2.45) is 7.05 Å². The number of carbonyl (C=O) groups is 1. The third-order valence-electron chi connectivity index (χ3n) is 7.16. The van der Waals surface area contributed by atoms with Crippen LogP contribution in [-0.2, 0) is 18.4 Å². The Hall–Kier alpha value is -4.42. The molecule has 12 heteroatoms. The van der Waals surface area contributed by atoms with E-state index in [1.165, 1.54) is 17.4 Å². The van der Waals surface area contributed by atoms with Gasteiger partial charge in [-0.1, -0.05) is 6.58 Å². The van der Waals surface area contributed by atoms with Gasteiger partial charge in [0.05, 0.1) is 42.3 Å². The topological polar surface area (TPSA) is 98.3 Å². The van der Waals surface area contributed by atoms with Gasteiger partial charge in [0, 0.05) is 53.1 Å². The molecule has 0 fully saturated rings. The molecule has 0 radical (unpaired) electrons. The van der Waals surface area contributed by atoms with Crippen LogP contribution < -0.4 is 4.74 Å². The number of rotatable bonds is 7. The molecule has 1 aromatic carbocycles. The first kappa shape index (κ1) is 26.8. The third kappa shape index (κ3) is 4.58. The molecule has 6 rings (SSSR count). The summed E-state index contributed by atoms with van der Waals surface area (Å²) in [6.07, 6.45) is 4.84. The van der Waals surface area contributed by atoms with Gasteiger partial charge in [0.25, 0.3) is 0 Å². The van der Waals surface area contributed by atoms with Crippen LogP contribution in [0.3, 0.4) is 0 Å². The van der Waals surface area contributed by atoms with Crippen LogP contribution in [0.1, 0.15) is 18.7 Å². The van der Waals surface area contributed by atoms with Crippen molar-refractivity contribution in [3.8, 4) is 39.5 Å². The molecule has 1 aliphatic rings. The minimum absolute atomic E-state index is 0.0232. The zero-order valence-electron chi connectivity index (χ0n) is 22.3. The van der Waals surface area contributed by atoms with Crippen LogP contribution in [-0.4, -0.2) is 60.2 Å². The molecule has 0 bridgehead atoms. The Labute approximate surface area is 237 Å². The highest BCUT2D eigenvalue weighted by Gasteiger charge is 2.31. The number of aliphatic hydroxyl groups excluding tert-OH is 1. The van der Waals surface area contributed by atoms with Gasteiger partial charge in [-0.05, 0) is 30.5 Å². The first-order chi connectivity index (χ1) is 19.8. The summed E-state index contributed by atoms with van der Waals surface area (Å²) in [5.74, 6) is -1.86. The molecular weight excluding hydrogens is 550 g/mol. The van der Waals surface area contributed by atoms with Crippen molar-refractivity contribution >= 4 is 27.3 Å². The maximum atomic E-state index is 15.8. The minimum atomic E-state index is -0.829. The number of aromatic nitrogens is 5. The molecule has 41 heavy (non-hydrogen) atoms. The first-order valence-electron chi connectivity index (χ1n) is 12.9. The van der Waals surface area contributed by atoms with E-state index in [4.69, 9.17) is 14.8 Å². The largest absolute Gasteiger partial charge is 0.490 e. The second-order valence-corrected chi connectivity index (χ2v) is 10.6. The van der Waals surface area contributed by atoms with Gasteiger partial charge in [-0.15, -0.1) is 11.3 Å². The number of carbonyl (C=O) groups excluding carboxylic acids is 1. The lowest BCUT2D eigenvalue weighted by Gasteiger charge is -2.33. The number of hydrogen-bond donors (Lipinski definition) is 1. The van der Waals surface area contributed by atoms with Crippen LogP contribution in [0.15, 0.2) is 54.7 Å². The Balaban J connectivity index is 1.64. The Morgan fingerprint density at radius 2 is 2.07 bits per heavy atom. The molecule has 1 atom stereocenters. The molecule has 210 valence electrons. The Morgan fingerprint density at radius 1 is 1.24 bits per heavy atom. The van der Waals surface area contributed by atoms with E-state index in [2.05, 4.69) is 11.7 Å². The number of halogens is 2. The molecule has 0 aliphatic carbocycles. The van der Waals surface area contributed by atoms with E-state index < -0.39 is 11.6 Å². The number of hydrogen-bond acceptors (Lipinski definition) is 7. The third-order valence-corrected chi connectivity index (χ3v) is 8.10. The highest BCUT2D eigenvalue weighted by molar-refractivity contribution is 7.18. The van der Waals surface area contributed by atoms with E-state index in [9.17, 15) is 14.3 Å². The average molecular weight is 577 g/mol. The zero-order valence-corrected chi connectivity index (χ0v) is 23.2. The predicted octanol–water partition coefficient (Wildman–Crippen LogP) is 4.97. The van der Waals surface area contributed by atoms with Gasteiger partial charge < -0.3 is 14.7 Å². The van der Waals surface area contributed by atoms with Crippen LogP contribution in [0.5, 0.6) is 5.75 Å². The van der Waals surface area contributed by atoms with Crippen LogP contribution in [0.2, 0.25) is 0 Å².